The van der Waals surface area contributed by atoms with Crippen LogP contribution in [0.2, 0.25) is 0 Å². The molecule has 0 atom stereocenters. The van der Waals surface area contributed by atoms with E-state index in [4.69, 9.17) is 14.4 Å². The van der Waals surface area contributed by atoms with Crippen molar-refractivity contribution in [1.82, 2.24) is 14.5 Å². The number of para-hydroxylation sites is 2. The van der Waals surface area contributed by atoms with E-state index in [0.29, 0.717) is 11.4 Å². The number of fused-ring (bicyclic) bond motifs is 6. The molecule has 0 saturated heterocycles. The summed E-state index contributed by atoms with van der Waals surface area (Å²) in [7, 11) is 0. The lowest BCUT2D eigenvalue weighted by Crippen LogP contribution is -1.93. The SMILES string of the molecule is c1ccc(-c2ccc(-c3nc(-c4ccccc4)nc4c3oc3cc(-c5cccc(-c6cccc7c6c6ccccc6n7-c6ccccc6)c5)ccc34)cc2)cc1. The number of benzene rings is 8. The van der Waals surface area contributed by atoms with E-state index in [2.05, 4.69) is 180 Å². The van der Waals surface area contributed by atoms with E-state index < -0.39 is 0 Å². The summed E-state index contributed by atoms with van der Waals surface area (Å²) in [5.74, 6) is 0.669. The van der Waals surface area contributed by atoms with Crippen molar-refractivity contribution in [2.24, 2.45) is 0 Å². The van der Waals surface area contributed by atoms with Gasteiger partial charge in [0.25, 0.3) is 0 Å². The maximum atomic E-state index is 6.74. The highest BCUT2D eigenvalue weighted by atomic mass is 16.3. The standard InChI is InChI=1S/C52H33N3O/c1-4-14-34(15-5-1)35-26-28-36(29-27-35)49-51-50(54-52(53-49)37-16-6-2-7-17-37)44-31-30-39(33-47(44)56-51)38-18-12-19-40(32-38)42-23-13-25-46-48(42)43-22-10-11-24-45(43)55(46)41-20-8-3-9-21-41/h1-33H. The molecule has 0 spiro atoms. The Morgan fingerprint density at radius 2 is 0.982 bits per heavy atom. The molecule has 0 aliphatic heterocycles. The molecule has 3 heterocycles. The zero-order valence-corrected chi connectivity index (χ0v) is 30.3. The van der Waals surface area contributed by atoms with Crippen LogP contribution in [0.1, 0.15) is 0 Å². The molecule has 4 nitrogen and oxygen atoms in total. The zero-order chi connectivity index (χ0) is 37.0. The topological polar surface area (TPSA) is 43.9 Å². The second kappa shape index (κ2) is 13.1. The first-order valence-electron chi connectivity index (χ1n) is 18.9. The Morgan fingerprint density at radius 1 is 0.393 bits per heavy atom. The molecular weight excluding hydrogens is 683 g/mol. The highest BCUT2D eigenvalue weighted by Gasteiger charge is 2.20. The fraction of sp³-hybridized carbons (Fsp3) is 0. The van der Waals surface area contributed by atoms with Gasteiger partial charge in [-0.2, -0.15) is 0 Å². The molecule has 262 valence electrons. The molecular formula is C52H33N3O. The Labute approximate surface area is 323 Å². The number of nitrogens with zero attached hydrogens (tertiary/aromatic N) is 3. The van der Waals surface area contributed by atoms with Crippen LogP contribution in [0.5, 0.6) is 0 Å². The fourth-order valence-electron chi connectivity index (χ4n) is 8.17. The predicted octanol–water partition coefficient (Wildman–Crippen LogP) is 13.8. The van der Waals surface area contributed by atoms with Crippen LogP contribution in [0.4, 0.5) is 0 Å². The summed E-state index contributed by atoms with van der Waals surface area (Å²) in [6.45, 7) is 0. The normalized spacial score (nSPS) is 11.6. The van der Waals surface area contributed by atoms with Crippen LogP contribution >= 0.6 is 0 Å². The van der Waals surface area contributed by atoms with Gasteiger partial charge in [0.2, 0.25) is 0 Å². The number of rotatable bonds is 6. The molecule has 0 saturated carbocycles. The minimum absolute atomic E-state index is 0.669. The van der Waals surface area contributed by atoms with Crippen LogP contribution in [0.25, 0.3) is 106 Å². The van der Waals surface area contributed by atoms with Gasteiger partial charge in [0.15, 0.2) is 11.4 Å². The highest BCUT2D eigenvalue weighted by molar-refractivity contribution is 6.16. The van der Waals surface area contributed by atoms with Gasteiger partial charge in [-0.15, -0.1) is 0 Å². The third-order valence-corrected chi connectivity index (χ3v) is 10.8. The molecule has 0 unspecified atom stereocenters. The van der Waals surface area contributed by atoms with Gasteiger partial charge in [0.05, 0.1) is 11.0 Å². The van der Waals surface area contributed by atoms with Gasteiger partial charge >= 0.3 is 0 Å². The Morgan fingerprint density at radius 3 is 1.79 bits per heavy atom. The lowest BCUT2D eigenvalue weighted by atomic mass is 9.95. The van der Waals surface area contributed by atoms with Gasteiger partial charge in [-0.25, -0.2) is 9.97 Å². The molecule has 56 heavy (non-hydrogen) atoms. The average molecular weight is 716 g/mol. The quantitative estimate of drug-likeness (QED) is 0.172. The van der Waals surface area contributed by atoms with Gasteiger partial charge in [0, 0.05) is 33.0 Å². The smallest absolute Gasteiger partial charge is 0.180 e. The number of hydrogen-bond donors (Lipinski definition) is 0. The minimum atomic E-state index is 0.669. The Kier molecular flexibility index (Phi) is 7.46. The van der Waals surface area contributed by atoms with Crippen LogP contribution in [0, 0.1) is 0 Å². The predicted molar refractivity (Wildman–Crippen MR) is 231 cm³/mol. The molecule has 3 aromatic heterocycles. The van der Waals surface area contributed by atoms with Crippen LogP contribution in [0.15, 0.2) is 205 Å². The minimum Gasteiger partial charge on any atom is -0.452 e. The first-order valence-corrected chi connectivity index (χ1v) is 18.9. The summed E-state index contributed by atoms with van der Waals surface area (Å²) in [5.41, 5.74) is 15.4. The largest absolute Gasteiger partial charge is 0.452 e. The van der Waals surface area contributed by atoms with Gasteiger partial charge in [-0.1, -0.05) is 158 Å². The summed E-state index contributed by atoms with van der Waals surface area (Å²) < 4.78 is 9.11. The molecule has 0 radical (unpaired) electrons. The zero-order valence-electron chi connectivity index (χ0n) is 30.3. The molecule has 0 amide bonds. The van der Waals surface area contributed by atoms with E-state index in [0.717, 1.165) is 61.2 Å². The van der Waals surface area contributed by atoms with E-state index in [1.54, 1.807) is 0 Å². The fourth-order valence-corrected chi connectivity index (χ4v) is 8.17. The van der Waals surface area contributed by atoms with Gasteiger partial charge in [-0.05, 0) is 75.8 Å². The van der Waals surface area contributed by atoms with Crippen LogP contribution in [-0.2, 0) is 0 Å². The lowest BCUT2D eigenvalue weighted by molar-refractivity contribution is 0.667. The number of furan rings is 1. The number of aromatic nitrogens is 3. The van der Waals surface area contributed by atoms with Gasteiger partial charge in [-0.3, -0.25) is 0 Å². The van der Waals surface area contributed by atoms with Crippen molar-refractivity contribution in [3.8, 4) is 61.7 Å². The van der Waals surface area contributed by atoms with E-state index in [1.807, 2.05) is 24.3 Å². The van der Waals surface area contributed by atoms with Crippen molar-refractivity contribution in [3.05, 3.63) is 200 Å². The van der Waals surface area contributed by atoms with E-state index in [9.17, 15) is 0 Å². The van der Waals surface area contributed by atoms with Crippen LogP contribution in [-0.4, -0.2) is 14.5 Å². The second-order valence-corrected chi connectivity index (χ2v) is 14.2. The van der Waals surface area contributed by atoms with Crippen LogP contribution in [0.3, 0.4) is 0 Å². The monoisotopic (exact) mass is 715 g/mol. The summed E-state index contributed by atoms with van der Waals surface area (Å²) in [5, 5.41) is 3.44. The molecule has 11 rings (SSSR count). The van der Waals surface area contributed by atoms with Crippen molar-refractivity contribution in [2.75, 3.05) is 0 Å². The first kappa shape index (κ1) is 31.9. The first-order chi connectivity index (χ1) is 27.8. The lowest BCUT2D eigenvalue weighted by Gasteiger charge is -2.10. The summed E-state index contributed by atoms with van der Waals surface area (Å²) in [6, 6.07) is 70.3. The molecule has 0 N–H and O–H groups in total. The maximum Gasteiger partial charge on any atom is 0.180 e. The molecule has 0 aliphatic rings. The third kappa shape index (κ3) is 5.31. The molecule has 0 fully saturated rings. The van der Waals surface area contributed by atoms with E-state index >= 15 is 0 Å². The van der Waals surface area contributed by atoms with Gasteiger partial charge < -0.3 is 8.98 Å². The third-order valence-electron chi connectivity index (χ3n) is 10.8. The van der Waals surface area contributed by atoms with Crippen LogP contribution < -0.4 is 0 Å². The summed E-state index contributed by atoms with van der Waals surface area (Å²) >= 11 is 0. The molecule has 0 aliphatic carbocycles. The van der Waals surface area contributed by atoms with E-state index in [-0.39, 0.29) is 0 Å². The number of hydrogen-bond acceptors (Lipinski definition) is 3. The van der Waals surface area contributed by atoms with Crippen molar-refractivity contribution in [3.63, 3.8) is 0 Å². The average Bonchev–Trinajstić information content (AvgIpc) is 3.83. The molecule has 0 bridgehead atoms. The van der Waals surface area contributed by atoms with Crippen molar-refractivity contribution in [1.29, 1.82) is 0 Å². The van der Waals surface area contributed by atoms with Crippen molar-refractivity contribution >= 4 is 43.9 Å². The Hall–Kier alpha value is -7.56. The van der Waals surface area contributed by atoms with Crippen molar-refractivity contribution < 1.29 is 4.42 Å². The highest BCUT2D eigenvalue weighted by Crippen LogP contribution is 2.41. The van der Waals surface area contributed by atoms with Gasteiger partial charge in [0.1, 0.15) is 16.8 Å². The second-order valence-electron chi connectivity index (χ2n) is 14.2. The molecule has 11 aromatic rings. The molecule has 4 heteroatoms. The summed E-state index contributed by atoms with van der Waals surface area (Å²) in [6.07, 6.45) is 0. The molecule has 8 aromatic carbocycles. The Balaban J connectivity index is 1.04. The maximum absolute atomic E-state index is 6.74. The van der Waals surface area contributed by atoms with Crippen molar-refractivity contribution in [2.45, 2.75) is 0 Å². The van der Waals surface area contributed by atoms with E-state index in [1.165, 1.54) is 32.9 Å². The Bertz CT molecular complexity index is 3220. The summed E-state index contributed by atoms with van der Waals surface area (Å²) in [4.78, 5) is 10.2.